The van der Waals surface area contributed by atoms with Gasteiger partial charge in [-0.25, -0.2) is 14.4 Å². The van der Waals surface area contributed by atoms with Gasteiger partial charge < -0.3 is 15.4 Å². The van der Waals surface area contributed by atoms with Gasteiger partial charge in [0.25, 0.3) is 5.91 Å². The Bertz CT molecular complexity index is 980. The lowest BCUT2D eigenvalue weighted by atomic mass is 10.2. The van der Waals surface area contributed by atoms with Gasteiger partial charge in [0.15, 0.2) is 0 Å². The molecule has 0 bridgehead atoms. The second kappa shape index (κ2) is 8.01. The molecule has 1 heterocycles. The monoisotopic (exact) mass is 386 g/mol. The summed E-state index contributed by atoms with van der Waals surface area (Å²) in [6, 6.07) is 12.2. The average Bonchev–Trinajstić information content (AvgIpc) is 2.63. The Hall–Kier alpha value is -3.19. The van der Waals surface area contributed by atoms with Crippen molar-refractivity contribution in [3.63, 3.8) is 0 Å². The summed E-state index contributed by atoms with van der Waals surface area (Å²) in [6.45, 7) is 1.75. The van der Waals surface area contributed by atoms with Crippen molar-refractivity contribution in [1.82, 2.24) is 9.97 Å². The molecule has 0 fully saturated rings. The zero-order valence-electron chi connectivity index (χ0n) is 14.6. The number of aromatic nitrogens is 2. The molecule has 0 atom stereocenters. The molecule has 3 aromatic rings. The Morgan fingerprint density at radius 1 is 1.07 bits per heavy atom. The summed E-state index contributed by atoms with van der Waals surface area (Å²) >= 11 is 6.07. The molecule has 6 nitrogen and oxygen atoms in total. The molecule has 2 aromatic carbocycles. The number of benzene rings is 2. The van der Waals surface area contributed by atoms with E-state index in [0.717, 1.165) is 0 Å². The molecular weight excluding hydrogens is 371 g/mol. The van der Waals surface area contributed by atoms with Crippen molar-refractivity contribution in [2.75, 3.05) is 17.7 Å². The van der Waals surface area contributed by atoms with E-state index in [-0.39, 0.29) is 17.5 Å². The lowest BCUT2D eigenvalue weighted by Crippen LogP contribution is -2.15. The number of nitrogens with one attached hydrogen (secondary N) is 2. The summed E-state index contributed by atoms with van der Waals surface area (Å²) in [5.74, 6) is -0.00864. The summed E-state index contributed by atoms with van der Waals surface area (Å²) in [5, 5.41) is 6.06. The number of nitrogens with zero attached hydrogens (tertiary/aromatic N) is 2. The van der Waals surface area contributed by atoms with Crippen LogP contribution < -0.4 is 15.4 Å². The molecule has 138 valence electrons. The van der Waals surface area contributed by atoms with E-state index in [1.807, 2.05) is 0 Å². The highest BCUT2D eigenvalue weighted by atomic mass is 35.5. The molecule has 0 aliphatic rings. The third-order valence-corrected chi connectivity index (χ3v) is 3.89. The van der Waals surface area contributed by atoms with Crippen molar-refractivity contribution in [3.05, 3.63) is 70.8 Å². The molecule has 0 saturated heterocycles. The lowest BCUT2D eigenvalue weighted by molar-refractivity contribution is 0.102. The van der Waals surface area contributed by atoms with Gasteiger partial charge in [0, 0.05) is 17.1 Å². The molecule has 1 aromatic heterocycles. The number of halogens is 2. The van der Waals surface area contributed by atoms with Crippen molar-refractivity contribution in [3.8, 4) is 5.75 Å². The van der Waals surface area contributed by atoms with E-state index in [2.05, 4.69) is 20.6 Å². The summed E-state index contributed by atoms with van der Waals surface area (Å²) in [5.41, 5.74) is 1.90. The van der Waals surface area contributed by atoms with Crippen molar-refractivity contribution in [1.29, 1.82) is 0 Å². The van der Waals surface area contributed by atoms with Crippen molar-refractivity contribution < 1.29 is 13.9 Å². The molecule has 0 saturated carbocycles. The molecule has 0 spiro atoms. The third kappa shape index (κ3) is 4.71. The van der Waals surface area contributed by atoms with E-state index >= 15 is 0 Å². The molecule has 0 aliphatic carbocycles. The van der Waals surface area contributed by atoms with Gasteiger partial charge in [-0.2, -0.15) is 0 Å². The Kier molecular flexibility index (Phi) is 5.52. The maximum absolute atomic E-state index is 13.0. The molecule has 8 heteroatoms. The van der Waals surface area contributed by atoms with Crippen LogP contribution in [0.3, 0.4) is 0 Å². The number of rotatable bonds is 5. The smallest absolute Gasteiger partial charge is 0.274 e. The maximum Gasteiger partial charge on any atom is 0.274 e. The SMILES string of the molecule is COc1ccc(NC(=O)c2cc(C)nc(Nc3ccc(F)cc3)n2)cc1Cl. The van der Waals surface area contributed by atoms with E-state index in [1.165, 1.54) is 19.2 Å². The molecule has 0 unspecified atom stereocenters. The first-order valence-corrected chi connectivity index (χ1v) is 8.35. The number of methoxy groups -OCH3 is 1. The Labute approximate surface area is 160 Å². The summed E-state index contributed by atoms with van der Waals surface area (Å²) in [4.78, 5) is 21.0. The first-order chi connectivity index (χ1) is 12.9. The van der Waals surface area contributed by atoms with Gasteiger partial charge in [-0.1, -0.05) is 11.6 Å². The third-order valence-electron chi connectivity index (χ3n) is 3.60. The summed E-state index contributed by atoms with van der Waals surface area (Å²) in [6.07, 6.45) is 0. The van der Waals surface area contributed by atoms with Crippen LogP contribution in [-0.4, -0.2) is 23.0 Å². The fourth-order valence-corrected chi connectivity index (χ4v) is 2.60. The van der Waals surface area contributed by atoms with Crippen LogP contribution in [0.25, 0.3) is 0 Å². The number of carbonyl (C=O) groups excluding carboxylic acids is 1. The number of carbonyl (C=O) groups is 1. The second-order valence-electron chi connectivity index (χ2n) is 5.65. The van der Waals surface area contributed by atoms with Gasteiger partial charge in [0.05, 0.1) is 12.1 Å². The zero-order chi connectivity index (χ0) is 19.4. The van der Waals surface area contributed by atoms with E-state index in [0.29, 0.717) is 27.8 Å². The number of hydrogen-bond donors (Lipinski definition) is 2. The Balaban J connectivity index is 1.79. The van der Waals surface area contributed by atoms with Gasteiger partial charge >= 0.3 is 0 Å². The first kappa shape index (κ1) is 18.6. The van der Waals surface area contributed by atoms with Crippen LogP contribution in [0.15, 0.2) is 48.5 Å². The van der Waals surface area contributed by atoms with Crippen LogP contribution in [0, 0.1) is 12.7 Å². The Morgan fingerprint density at radius 2 is 1.78 bits per heavy atom. The van der Waals surface area contributed by atoms with Gasteiger partial charge in [-0.3, -0.25) is 4.79 Å². The van der Waals surface area contributed by atoms with Crippen LogP contribution >= 0.6 is 11.6 Å². The van der Waals surface area contributed by atoms with Crippen LogP contribution in [0.4, 0.5) is 21.7 Å². The molecular formula is C19H16ClFN4O2. The quantitative estimate of drug-likeness (QED) is 0.671. The van der Waals surface area contributed by atoms with Crippen molar-refractivity contribution in [2.45, 2.75) is 6.92 Å². The fourth-order valence-electron chi connectivity index (χ4n) is 2.34. The fraction of sp³-hybridized carbons (Fsp3) is 0.105. The molecule has 2 N–H and O–H groups in total. The van der Waals surface area contributed by atoms with E-state index in [4.69, 9.17) is 16.3 Å². The van der Waals surface area contributed by atoms with Gasteiger partial charge in [0.1, 0.15) is 17.3 Å². The number of anilines is 3. The molecule has 27 heavy (non-hydrogen) atoms. The number of aryl methyl sites for hydroxylation is 1. The number of hydrogen-bond acceptors (Lipinski definition) is 5. The largest absolute Gasteiger partial charge is 0.495 e. The lowest BCUT2D eigenvalue weighted by Gasteiger charge is -2.10. The molecule has 0 radical (unpaired) electrons. The molecule has 3 rings (SSSR count). The second-order valence-corrected chi connectivity index (χ2v) is 6.06. The van der Waals surface area contributed by atoms with Crippen LogP contribution in [-0.2, 0) is 0 Å². The van der Waals surface area contributed by atoms with E-state index < -0.39 is 5.91 Å². The van der Waals surface area contributed by atoms with Gasteiger partial charge in [-0.15, -0.1) is 0 Å². The van der Waals surface area contributed by atoms with Gasteiger partial charge in [0.2, 0.25) is 5.95 Å². The number of amides is 1. The Morgan fingerprint density at radius 3 is 2.44 bits per heavy atom. The minimum Gasteiger partial charge on any atom is -0.495 e. The van der Waals surface area contributed by atoms with Crippen molar-refractivity contribution >= 4 is 34.8 Å². The van der Waals surface area contributed by atoms with Crippen molar-refractivity contribution in [2.24, 2.45) is 0 Å². The van der Waals surface area contributed by atoms with Crippen LogP contribution in [0.2, 0.25) is 5.02 Å². The molecule has 0 aliphatic heterocycles. The van der Waals surface area contributed by atoms with Crippen LogP contribution in [0.1, 0.15) is 16.2 Å². The van der Waals surface area contributed by atoms with Gasteiger partial charge in [-0.05, 0) is 55.5 Å². The highest BCUT2D eigenvalue weighted by Gasteiger charge is 2.12. The first-order valence-electron chi connectivity index (χ1n) is 7.98. The predicted octanol–water partition coefficient (Wildman–Crippen LogP) is 4.58. The predicted molar refractivity (Wildman–Crippen MR) is 102 cm³/mol. The summed E-state index contributed by atoms with van der Waals surface area (Å²) < 4.78 is 18.1. The normalized spacial score (nSPS) is 10.4. The average molecular weight is 387 g/mol. The minimum absolute atomic E-state index is 0.180. The minimum atomic E-state index is -0.413. The molecule has 1 amide bonds. The van der Waals surface area contributed by atoms with E-state index in [9.17, 15) is 9.18 Å². The highest BCUT2D eigenvalue weighted by Crippen LogP contribution is 2.27. The van der Waals surface area contributed by atoms with Crippen LogP contribution in [0.5, 0.6) is 5.75 Å². The highest BCUT2D eigenvalue weighted by molar-refractivity contribution is 6.32. The topological polar surface area (TPSA) is 76.1 Å². The summed E-state index contributed by atoms with van der Waals surface area (Å²) in [7, 11) is 1.51. The standard InChI is InChI=1S/C19H16ClFN4O2/c1-11-9-16(18(26)23-14-7-8-17(27-2)15(20)10-14)25-19(22-11)24-13-5-3-12(21)4-6-13/h3-10H,1-2H3,(H,23,26)(H,22,24,25). The maximum atomic E-state index is 13.0. The number of ether oxygens (including phenoxy) is 1. The zero-order valence-corrected chi connectivity index (χ0v) is 15.3. The van der Waals surface area contributed by atoms with E-state index in [1.54, 1.807) is 43.3 Å².